The van der Waals surface area contributed by atoms with E-state index in [1.54, 1.807) is 12.4 Å². The quantitative estimate of drug-likeness (QED) is 0.626. The molecule has 4 N–H and O–H groups in total. The summed E-state index contributed by atoms with van der Waals surface area (Å²) >= 11 is 1.53. The SMILES string of the molecule is NC(C1CC1)C(CO)Sc1ncc[nH]1. The van der Waals surface area contributed by atoms with E-state index in [9.17, 15) is 5.11 Å². The Morgan fingerprint density at radius 1 is 1.71 bits per heavy atom. The maximum Gasteiger partial charge on any atom is 0.165 e. The highest BCUT2D eigenvalue weighted by Crippen LogP contribution is 2.36. The third kappa shape index (κ3) is 2.29. The van der Waals surface area contributed by atoms with Crippen molar-refractivity contribution in [2.45, 2.75) is 29.3 Å². The number of nitrogens with zero attached hydrogens (tertiary/aromatic N) is 1. The van der Waals surface area contributed by atoms with Crippen molar-refractivity contribution >= 4 is 11.8 Å². The molecule has 2 rings (SSSR count). The van der Waals surface area contributed by atoms with Crippen LogP contribution in [0.2, 0.25) is 0 Å². The minimum Gasteiger partial charge on any atom is -0.395 e. The molecule has 1 heterocycles. The van der Waals surface area contributed by atoms with Gasteiger partial charge in [-0.1, -0.05) is 11.8 Å². The van der Waals surface area contributed by atoms with E-state index in [1.165, 1.54) is 24.6 Å². The molecule has 4 nitrogen and oxygen atoms in total. The van der Waals surface area contributed by atoms with Crippen LogP contribution in [0.15, 0.2) is 17.6 Å². The van der Waals surface area contributed by atoms with E-state index in [0.29, 0.717) is 5.92 Å². The third-order valence-electron chi connectivity index (χ3n) is 2.51. The monoisotopic (exact) mass is 213 g/mol. The number of aromatic nitrogens is 2. The minimum atomic E-state index is 0.0636. The summed E-state index contributed by atoms with van der Waals surface area (Å²) in [6.45, 7) is 0.114. The number of aromatic amines is 1. The molecule has 5 heteroatoms. The van der Waals surface area contributed by atoms with E-state index in [4.69, 9.17) is 5.73 Å². The van der Waals surface area contributed by atoms with Crippen LogP contribution in [0.5, 0.6) is 0 Å². The zero-order chi connectivity index (χ0) is 9.97. The van der Waals surface area contributed by atoms with Crippen LogP contribution in [0.4, 0.5) is 0 Å². The Morgan fingerprint density at radius 3 is 3.00 bits per heavy atom. The van der Waals surface area contributed by atoms with Crippen molar-refractivity contribution in [1.29, 1.82) is 0 Å². The van der Waals surface area contributed by atoms with Gasteiger partial charge in [-0.25, -0.2) is 4.98 Å². The topological polar surface area (TPSA) is 74.9 Å². The third-order valence-corrected chi connectivity index (χ3v) is 3.72. The Morgan fingerprint density at radius 2 is 2.50 bits per heavy atom. The van der Waals surface area contributed by atoms with Crippen molar-refractivity contribution in [2.24, 2.45) is 11.7 Å². The van der Waals surface area contributed by atoms with Gasteiger partial charge >= 0.3 is 0 Å². The van der Waals surface area contributed by atoms with Crippen LogP contribution in [-0.2, 0) is 0 Å². The van der Waals surface area contributed by atoms with Gasteiger partial charge in [0.2, 0.25) is 0 Å². The van der Waals surface area contributed by atoms with Crippen LogP contribution in [0, 0.1) is 5.92 Å². The first-order valence-corrected chi connectivity index (χ1v) is 5.71. The van der Waals surface area contributed by atoms with Gasteiger partial charge in [0.1, 0.15) is 0 Å². The van der Waals surface area contributed by atoms with Crippen molar-refractivity contribution < 1.29 is 5.11 Å². The lowest BCUT2D eigenvalue weighted by Gasteiger charge is -2.19. The van der Waals surface area contributed by atoms with E-state index in [-0.39, 0.29) is 17.9 Å². The van der Waals surface area contributed by atoms with Gasteiger partial charge in [0, 0.05) is 18.4 Å². The second-order valence-electron chi connectivity index (χ2n) is 3.65. The Labute approximate surface area is 87.3 Å². The number of aliphatic hydroxyl groups is 1. The van der Waals surface area contributed by atoms with Crippen LogP contribution in [0.25, 0.3) is 0 Å². The lowest BCUT2D eigenvalue weighted by atomic mass is 10.1. The number of aliphatic hydroxyl groups excluding tert-OH is 1. The van der Waals surface area contributed by atoms with Gasteiger partial charge in [0.05, 0.1) is 11.9 Å². The molecule has 2 unspecified atom stereocenters. The van der Waals surface area contributed by atoms with Crippen LogP contribution < -0.4 is 5.73 Å². The van der Waals surface area contributed by atoms with Gasteiger partial charge in [-0.15, -0.1) is 0 Å². The molecule has 0 amide bonds. The van der Waals surface area contributed by atoms with E-state index in [0.717, 1.165) is 5.16 Å². The van der Waals surface area contributed by atoms with Gasteiger partial charge in [0.25, 0.3) is 0 Å². The Bertz CT molecular complexity index is 274. The number of hydrogen-bond donors (Lipinski definition) is 3. The van der Waals surface area contributed by atoms with Gasteiger partial charge < -0.3 is 15.8 Å². The smallest absolute Gasteiger partial charge is 0.165 e. The molecule has 0 bridgehead atoms. The predicted molar refractivity (Wildman–Crippen MR) is 56.0 cm³/mol. The highest BCUT2D eigenvalue weighted by molar-refractivity contribution is 7.99. The number of nitrogens with two attached hydrogens (primary N) is 1. The van der Waals surface area contributed by atoms with Crippen LogP contribution in [-0.4, -0.2) is 33.0 Å². The average molecular weight is 213 g/mol. The number of imidazole rings is 1. The number of rotatable bonds is 5. The van der Waals surface area contributed by atoms with Gasteiger partial charge in [-0.3, -0.25) is 0 Å². The largest absolute Gasteiger partial charge is 0.395 e. The van der Waals surface area contributed by atoms with Gasteiger partial charge in [-0.05, 0) is 18.8 Å². The maximum atomic E-state index is 9.23. The molecule has 2 atom stereocenters. The zero-order valence-electron chi connectivity index (χ0n) is 7.89. The van der Waals surface area contributed by atoms with E-state index in [1.807, 2.05) is 0 Å². The second kappa shape index (κ2) is 4.33. The Hall–Kier alpha value is -0.520. The second-order valence-corrected chi connectivity index (χ2v) is 4.88. The molecule has 1 fully saturated rings. The minimum absolute atomic E-state index is 0.0636. The Balaban J connectivity index is 1.92. The highest BCUT2D eigenvalue weighted by atomic mass is 32.2. The first kappa shape index (κ1) is 10.0. The summed E-state index contributed by atoms with van der Waals surface area (Å²) in [6, 6.07) is 0.0927. The summed E-state index contributed by atoms with van der Waals surface area (Å²) in [4.78, 5) is 7.11. The molecular formula is C9H15N3OS. The molecular weight excluding hydrogens is 198 g/mol. The van der Waals surface area contributed by atoms with Crippen molar-refractivity contribution in [1.82, 2.24) is 9.97 Å². The van der Waals surface area contributed by atoms with Gasteiger partial charge in [0.15, 0.2) is 5.16 Å². The molecule has 1 saturated carbocycles. The fourth-order valence-electron chi connectivity index (χ4n) is 1.48. The van der Waals surface area contributed by atoms with Crippen molar-refractivity contribution in [2.75, 3.05) is 6.61 Å². The molecule has 14 heavy (non-hydrogen) atoms. The number of thioether (sulfide) groups is 1. The molecule has 1 aliphatic carbocycles. The fraction of sp³-hybridized carbons (Fsp3) is 0.667. The summed E-state index contributed by atoms with van der Waals surface area (Å²) in [7, 11) is 0. The van der Waals surface area contributed by atoms with Crippen molar-refractivity contribution in [3.8, 4) is 0 Å². The first-order chi connectivity index (χ1) is 6.81. The normalized spacial score (nSPS) is 20.7. The predicted octanol–water partition coefficient (Wildman–Crippen LogP) is 0.600. The molecule has 78 valence electrons. The molecule has 0 aliphatic heterocycles. The van der Waals surface area contributed by atoms with E-state index >= 15 is 0 Å². The summed E-state index contributed by atoms with van der Waals surface area (Å²) in [5.41, 5.74) is 6.03. The summed E-state index contributed by atoms with van der Waals surface area (Å²) in [6.07, 6.45) is 5.89. The van der Waals surface area contributed by atoms with Crippen LogP contribution in [0.3, 0.4) is 0 Å². The first-order valence-electron chi connectivity index (χ1n) is 4.83. The maximum absolute atomic E-state index is 9.23. The van der Waals surface area contributed by atoms with E-state index in [2.05, 4.69) is 9.97 Å². The number of nitrogens with one attached hydrogen (secondary N) is 1. The molecule has 0 spiro atoms. The number of hydrogen-bond acceptors (Lipinski definition) is 4. The van der Waals surface area contributed by atoms with Crippen LogP contribution in [0.1, 0.15) is 12.8 Å². The van der Waals surface area contributed by atoms with E-state index < -0.39 is 0 Å². The number of H-pyrrole nitrogens is 1. The lowest BCUT2D eigenvalue weighted by Crippen LogP contribution is -2.36. The Kier molecular flexibility index (Phi) is 3.10. The highest BCUT2D eigenvalue weighted by Gasteiger charge is 2.34. The molecule has 1 aromatic rings. The fourth-order valence-corrected chi connectivity index (χ4v) is 2.48. The summed E-state index contributed by atoms with van der Waals surface area (Å²) in [5.74, 6) is 0.606. The zero-order valence-corrected chi connectivity index (χ0v) is 8.70. The molecule has 0 radical (unpaired) electrons. The molecule has 1 aliphatic rings. The van der Waals surface area contributed by atoms with Crippen molar-refractivity contribution in [3.63, 3.8) is 0 Å². The standard InChI is InChI=1S/C9H15N3OS/c10-8(6-1-2-6)7(5-13)14-9-11-3-4-12-9/h3-4,6-8,13H,1-2,5,10H2,(H,11,12). The van der Waals surface area contributed by atoms with Gasteiger partial charge in [-0.2, -0.15) is 0 Å². The molecule has 0 aromatic carbocycles. The van der Waals surface area contributed by atoms with Crippen molar-refractivity contribution in [3.05, 3.63) is 12.4 Å². The summed E-state index contributed by atoms with van der Waals surface area (Å²) in [5, 5.41) is 10.1. The molecule has 0 saturated heterocycles. The summed E-state index contributed by atoms with van der Waals surface area (Å²) < 4.78 is 0. The average Bonchev–Trinajstić information content (AvgIpc) is 2.93. The van der Waals surface area contributed by atoms with Crippen LogP contribution >= 0.6 is 11.8 Å². The lowest BCUT2D eigenvalue weighted by molar-refractivity contribution is 0.277. The molecule has 1 aromatic heterocycles.